The molecule has 0 aliphatic heterocycles. The van der Waals surface area contributed by atoms with E-state index in [1.165, 1.54) is 0 Å². The van der Waals surface area contributed by atoms with Gasteiger partial charge in [-0.2, -0.15) is 0 Å². The number of hydrogen-bond acceptors (Lipinski definition) is 4. The molecule has 0 spiro atoms. The molecule has 0 unspecified atom stereocenters. The summed E-state index contributed by atoms with van der Waals surface area (Å²) < 4.78 is 0. The standard InChI is InChI=1S/C16H24N4O3/c1-20(2)14-8-3-11(9-17-14)10-18-16(23)19-13-6-4-12(5-7-13)15(21)22/h3,8-9,12-13H,4-7,10H2,1-2H3,(H,21,22)(H2,18,19,23). The fourth-order valence-corrected chi connectivity index (χ4v) is 2.69. The quantitative estimate of drug-likeness (QED) is 0.766. The van der Waals surface area contributed by atoms with Gasteiger partial charge in [-0.3, -0.25) is 4.79 Å². The molecule has 1 fully saturated rings. The van der Waals surface area contributed by atoms with Crippen molar-refractivity contribution in [3.63, 3.8) is 0 Å². The lowest BCUT2D eigenvalue weighted by Gasteiger charge is -2.26. The number of carbonyl (C=O) groups excluding carboxylic acids is 1. The summed E-state index contributed by atoms with van der Waals surface area (Å²) in [5.41, 5.74) is 0.931. The van der Waals surface area contributed by atoms with E-state index in [4.69, 9.17) is 5.11 Å². The molecule has 1 aliphatic carbocycles. The lowest BCUT2D eigenvalue weighted by Crippen LogP contribution is -2.43. The van der Waals surface area contributed by atoms with Gasteiger partial charge < -0.3 is 20.6 Å². The topological polar surface area (TPSA) is 94.6 Å². The number of urea groups is 1. The maximum atomic E-state index is 11.9. The van der Waals surface area contributed by atoms with Crippen LogP contribution in [-0.4, -0.2) is 42.2 Å². The van der Waals surface area contributed by atoms with Gasteiger partial charge in [0.2, 0.25) is 0 Å². The molecular weight excluding hydrogens is 296 g/mol. The number of carboxylic acids is 1. The van der Waals surface area contributed by atoms with Crippen molar-refractivity contribution in [2.45, 2.75) is 38.3 Å². The van der Waals surface area contributed by atoms with E-state index in [-0.39, 0.29) is 18.0 Å². The molecule has 1 aromatic heterocycles. The second-order valence-electron chi connectivity index (χ2n) is 6.13. The molecule has 0 radical (unpaired) electrons. The molecule has 23 heavy (non-hydrogen) atoms. The first-order valence-electron chi connectivity index (χ1n) is 7.85. The highest BCUT2D eigenvalue weighted by atomic mass is 16.4. The highest BCUT2D eigenvalue weighted by Crippen LogP contribution is 2.24. The van der Waals surface area contributed by atoms with Crippen LogP contribution in [0.15, 0.2) is 18.3 Å². The van der Waals surface area contributed by atoms with Crippen molar-refractivity contribution in [2.75, 3.05) is 19.0 Å². The van der Waals surface area contributed by atoms with Crippen molar-refractivity contribution < 1.29 is 14.7 Å². The molecular formula is C16H24N4O3. The van der Waals surface area contributed by atoms with Crippen LogP contribution in [0.25, 0.3) is 0 Å². The van der Waals surface area contributed by atoms with Crippen LogP contribution in [0.1, 0.15) is 31.2 Å². The van der Waals surface area contributed by atoms with E-state index >= 15 is 0 Å². The zero-order chi connectivity index (χ0) is 16.8. The Morgan fingerprint density at radius 3 is 2.48 bits per heavy atom. The van der Waals surface area contributed by atoms with Gasteiger partial charge in [0.05, 0.1) is 5.92 Å². The SMILES string of the molecule is CN(C)c1ccc(CNC(=O)NC2CCC(C(=O)O)CC2)cn1. The van der Waals surface area contributed by atoms with Crippen molar-refractivity contribution in [1.82, 2.24) is 15.6 Å². The number of anilines is 1. The molecule has 1 heterocycles. The lowest BCUT2D eigenvalue weighted by atomic mass is 9.86. The molecule has 7 heteroatoms. The van der Waals surface area contributed by atoms with E-state index in [9.17, 15) is 9.59 Å². The summed E-state index contributed by atoms with van der Waals surface area (Å²) in [6, 6.07) is 3.67. The lowest BCUT2D eigenvalue weighted by molar-refractivity contribution is -0.142. The van der Waals surface area contributed by atoms with E-state index in [1.54, 1.807) is 6.20 Å². The molecule has 3 N–H and O–H groups in total. The summed E-state index contributed by atoms with van der Waals surface area (Å²) >= 11 is 0. The van der Waals surface area contributed by atoms with Crippen molar-refractivity contribution >= 4 is 17.8 Å². The largest absolute Gasteiger partial charge is 0.481 e. The van der Waals surface area contributed by atoms with E-state index in [0.717, 1.165) is 11.4 Å². The third-order valence-electron chi connectivity index (χ3n) is 4.13. The minimum absolute atomic E-state index is 0.0554. The number of carbonyl (C=O) groups is 2. The molecule has 126 valence electrons. The van der Waals surface area contributed by atoms with E-state index < -0.39 is 5.97 Å². The Bertz CT molecular complexity index is 537. The molecule has 1 saturated carbocycles. The predicted molar refractivity (Wildman–Crippen MR) is 87.3 cm³/mol. The minimum Gasteiger partial charge on any atom is -0.481 e. The predicted octanol–water partition coefficient (Wildman–Crippen LogP) is 1.59. The fourth-order valence-electron chi connectivity index (χ4n) is 2.69. The number of aromatic nitrogens is 1. The maximum Gasteiger partial charge on any atom is 0.315 e. The van der Waals surface area contributed by atoms with Crippen molar-refractivity contribution in [3.05, 3.63) is 23.9 Å². The second kappa shape index (κ2) is 7.80. The number of hydrogen-bond donors (Lipinski definition) is 3. The van der Waals surface area contributed by atoms with Gasteiger partial charge in [0.25, 0.3) is 0 Å². The Morgan fingerprint density at radius 2 is 1.96 bits per heavy atom. The number of carboxylic acid groups (broad SMARTS) is 1. The maximum absolute atomic E-state index is 11.9. The summed E-state index contributed by atoms with van der Waals surface area (Å²) in [6.45, 7) is 0.414. The minimum atomic E-state index is -0.735. The zero-order valence-electron chi connectivity index (χ0n) is 13.6. The molecule has 0 bridgehead atoms. The fraction of sp³-hybridized carbons (Fsp3) is 0.562. The summed E-state index contributed by atoms with van der Waals surface area (Å²) in [7, 11) is 3.85. The molecule has 2 rings (SSSR count). The summed E-state index contributed by atoms with van der Waals surface area (Å²) in [5.74, 6) is -0.132. The third kappa shape index (κ3) is 5.12. The Morgan fingerprint density at radius 1 is 1.26 bits per heavy atom. The Hall–Kier alpha value is -2.31. The summed E-state index contributed by atoms with van der Waals surface area (Å²) in [6.07, 6.45) is 4.41. The molecule has 1 aliphatic rings. The van der Waals surface area contributed by atoms with Crippen LogP contribution in [0, 0.1) is 5.92 Å². The number of aliphatic carboxylic acids is 1. The first-order chi connectivity index (χ1) is 11.0. The average molecular weight is 320 g/mol. The normalized spacial score (nSPS) is 20.6. The zero-order valence-corrected chi connectivity index (χ0v) is 13.6. The van der Waals surface area contributed by atoms with Gasteiger partial charge in [0, 0.05) is 32.9 Å². The molecule has 7 nitrogen and oxygen atoms in total. The van der Waals surface area contributed by atoms with Crippen LogP contribution >= 0.6 is 0 Å². The Balaban J connectivity index is 1.72. The van der Waals surface area contributed by atoms with Crippen LogP contribution in [-0.2, 0) is 11.3 Å². The summed E-state index contributed by atoms with van der Waals surface area (Å²) in [5, 5.41) is 14.7. The van der Waals surface area contributed by atoms with Crippen LogP contribution in [0.4, 0.5) is 10.6 Å². The Labute approximate surface area is 136 Å². The van der Waals surface area contributed by atoms with Gasteiger partial charge in [0.1, 0.15) is 5.82 Å². The number of amides is 2. The van der Waals surface area contributed by atoms with Gasteiger partial charge in [-0.1, -0.05) is 6.07 Å². The molecule has 0 atom stereocenters. The smallest absolute Gasteiger partial charge is 0.315 e. The van der Waals surface area contributed by atoms with Gasteiger partial charge in [-0.15, -0.1) is 0 Å². The van der Waals surface area contributed by atoms with Crippen molar-refractivity contribution in [3.8, 4) is 0 Å². The van der Waals surface area contributed by atoms with Crippen LogP contribution in [0.3, 0.4) is 0 Å². The van der Waals surface area contributed by atoms with Crippen molar-refractivity contribution in [1.29, 1.82) is 0 Å². The van der Waals surface area contributed by atoms with Crippen LogP contribution in [0.2, 0.25) is 0 Å². The second-order valence-corrected chi connectivity index (χ2v) is 6.13. The van der Waals surface area contributed by atoms with E-state index in [1.807, 2.05) is 31.1 Å². The Kier molecular flexibility index (Phi) is 5.78. The van der Waals surface area contributed by atoms with E-state index in [0.29, 0.717) is 32.2 Å². The monoisotopic (exact) mass is 320 g/mol. The molecule has 2 amide bonds. The summed E-state index contributed by atoms with van der Waals surface area (Å²) in [4.78, 5) is 29.0. The van der Waals surface area contributed by atoms with Crippen LogP contribution < -0.4 is 15.5 Å². The number of nitrogens with one attached hydrogen (secondary N) is 2. The average Bonchev–Trinajstić information content (AvgIpc) is 2.54. The number of pyridine rings is 1. The van der Waals surface area contributed by atoms with Crippen LogP contribution in [0.5, 0.6) is 0 Å². The van der Waals surface area contributed by atoms with Crippen molar-refractivity contribution in [2.24, 2.45) is 5.92 Å². The molecule has 1 aromatic rings. The molecule has 0 saturated heterocycles. The highest BCUT2D eigenvalue weighted by molar-refractivity contribution is 5.74. The van der Waals surface area contributed by atoms with Gasteiger partial charge in [-0.25, -0.2) is 9.78 Å². The third-order valence-corrected chi connectivity index (χ3v) is 4.13. The number of rotatable bonds is 5. The molecule has 0 aromatic carbocycles. The first kappa shape index (κ1) is 17.1. The first-order valence-corrected chi connectivity index (χ1v) is 7.85. The van der Waals surface area contributed by atoms with E-state index in [2.05, 4.69) is 15.6 Å². The number of nitrogens with zero attached hydrogens (tertiary/aromatic N) is 2. The van der Waals surface area contributed by atoms with Gasteiger partial charge in [-0.05, 0) is 37.3 Å². The van der Waals surface area contributed by atoms with Gasteiger partial charge >= 0.3 is 12.0 Å². The van der Waals surface area contributed by atoms with Gasteiger partial charge in [0.15, 0.2) is 0 Å². The highest BCUT2D eigenvalue weighted by Gasteiger charge is 2.26.